The van der Waals surface area contributed by atoms with Crippen molar-refractivity contribution < 1.29 is 9.90 Å². The van der Waals surface area contributed by atoms with Gasteiger partial charge < -0.3 is 5.11 Å². The van der Waals surface area contributed by atoms with Gasteiger partial charge in [0.2, 0.25) is 0 Å². The summed E-state index contributed by atoms with van der Waals surface area (Å²) in [6, 6.07) is 0. The molecule has 24 heavy (non-hydrogen) atoms. The van der Waals surface area contributed by atoms with E-state index in [9.17, 15) is 9.90 Å². The normalized spacial score (nSPS) is 57.0. The number of rotatable bonds is 1. The van der Waals surface area contributed by atoms with Crippen LogP contribution in [0.15, 0.2) is 0 Å². The van der Waals surface area contributed by atoms with Gasteiger partial charge in [-0.2, -0.15) is 0 Å². The van der Waals surface area contributed by atoms with Crippen LogP contribution in [-0.2, 0) is 4.79 Å². The van der Waals surface area contributed by atoms with Crippen LogP contribution in [-0.4, -0.2) is 16.5 Å². The first-order valence-corrected chi connectivity index (χ1v) is 10.4. The minimum Gasteiger partial charge on any atom is -0.390 e. The zero-order valence-electron chi connectivity index (χ0n) is 16.1. The average Bonchev–Trinajstić information content (AvgIpc) is 2.85. The number of carbonyl (C=O) groups is 1. The lowest BCUT2D eigenvalue weighted by Gasteiger charge is -2.61. The Morgan fingerprint density at radius 2 is 1.58 bits per heavy atom. The molecule has 4 aliphatic carbocycles. The molecular weight excluding hydrogens is 296 g/mol. The molecule has 0 aromatic rings. The van der Waals surface area contributed by atoms with Crippen molar-refractivity contribution in [3.05, 3.63) is 0 Å². The highest BCUT2D eigenvalue weighted by molar-refractivity contribution is 5.79. The van der Waals surface area contributed by atoms with Gasteiger partial charge in [0.25, 0.3) is 0 Å². The van der Waals surface area contributed by atoms with Crippen molar-refractivity contribution in [1.82, 2.24) is 0 Å². The third-order valence-corrected chi connectivity index (χ3v) is 9.44. The molecule has 0 saturated heterocycles. The molecule has 8 atom stereocenters. The highest BCUT2D eigenvalue weighted by Crippen LogP contribution is 2.68. The van der Waals surface area contributed by atoms with Gasteiger partial charge in [0.05, 0.1) is 5.60 Å². The van der Waals surface area contributed by atoms with Crippen LogP contribution in [0.2, 0.25) is 0 Å². The lowest BCUT2D eigenvalue weighted by molar-refractivity contribution is -0.150. The van der Waals surface area contributed by atoms with Crippen molar-refractivity contribution in [2.45, 2.75) is 91.1 Å². The number of hydrogen-bond donors (Lipinski definition) is 1. The second-order valence-electron chi connectivity index (χ2n) is 10.6. The largest absolute Gasteiger partial charge is 0.390 e. The SMILES string of the molecule is CC(=O)[C@H]1CC[C@H]2[C@@H]3CC[C@H]4C[C@@](C)(O)CC[C@@]4(C)[C@@H]3CC[C@]12C. The van der Waals surface area contributed by atoms with E-state index >= 15 is 0 Å². The summed E-state index contributed by atoms with van der Waals surface area (Å²) >= 11 is 0. The Morgan fingerprint density at radius 1 is 0.875 bits per heavy atom. The van der Waals surface area contributed by atoms with E-state index in [1.165, 1.54) is 38.5 Å². The molecule has 2 heteroatoms. The smallest absolute Gasteiger partial charge is 0.133 e. The van der Waals surface area contributed by atoms with E-state index in [2.05, 4.69) is 13.8 Å². The van der Waals surface area contributed by atoms with Crippen molar-refractivity contribution in [2.24, 2.45) is 40.4 Å². The number of fused-ring (bicyclic) bond motifs is 5. The summed E-state index contributed by atoms with van der Waals surface area (Å²) in [4.78, 5) is 12.2. The fourth-order valence-electron chi connectivity index (χ4n) is 8.10. The summed E-state index contributed by atoms with van der Waals surface area (Å²) in [5.74, 6) is 3.89. The van der Waals surface area contributed by atoms with Crippen LogP contribution < -0.4 is 0 Å². The molecule has 4 fully saturated rings. The Labute approximate surface area is 147 Å². The number of aliphatic hydroxyl groups is 1. The molecule has 0 aromatic carbocycles. The highest BCUT2D eigenvalue weighted by atomic mass is 16.3. The maximum atomic E-state index is 12.2. The van der Waals surface area contributed by atoms with E-state index in [4.69, 9.17) is 0 Å². The van der Waals surface area contributed by atoms with Crippen LogP contribution in [0.1, 0.15) is 85.5 Å². The minimum atomic E-state index is -0.437. The Bertz CT molecular complexity index is 538. The van der Waals surface area contributed by atoms with Gasteiger partial charge in [-0.25, -0.2) is 0 Å². The molecular formula is C22H36O2. The van der Waals surface area contributed by atoms with Gasteiger partial charge in [0.15, 0.2) is 0 Å². The predicted octanol–water partition coefficient (Wildman–Crippen LogP) is 4.99. The topological polar surface area (TPSA) is 37.3 Å². The van der Waals surface area contributed by atoms with Crippen molar-refractivity contribution in [1.29, 1.82) is 0 Å². The van der Waals surface area contributed by atoms with Crippen LogP contribution >= 0.6 is 0 Å². The molecule has 0 bridgehead atoms. The van der Waals surface area contributed by atoms with E-state index in [1.807, 2.05) is 13.8 Å². The molecule has 4 aliphatic rings. The van der Waals surface area contributed by atoms with Gasteiger partial charge in [0.1, 0.15) is 5.78 Å². The number of ketones is 1. The quantitative estimate of drug-likeness (QED) is 0.735. The van der Waals surface area contributed by atoms with E-state index in [1.54, 1.807) is 0 Å². The second kappa shape index (κ2) is 5.32. The summed E-state index contributed by atoms with van der Waals surface area (Å²) in [6.45, 7) is 8.85. The maximum absolute atomic E-state index is 12.2. The number of carbonyl (C=O) groups excluding carboxylic acids is 1. The first kappa shape index (κ1) is 17.1. The summed E-state index contributed by atoms with van der Waals surface area (Å²) in [5, 5.41) is 10.6. The summed E-state index contributed by atoms with van der Waals surface area (Å²) < 4.78 is 0. The zero-order chi connectivity index (χ0) is 17.3. The molecule has 2 nitrogen and oxygen atoms in total. The monoisotopic (exact) mass is 332 g/mol. The molecule has 136 valence electrons. The lowest BCUT2D eigenvalue weighted by atomic mass is 9.44. The molecule has 0 aliphatic heterocycles. The molecule has 0 amide bonds. The van der Waals surface area contributed by atoms with E-state index in [0.29, 0.717) is 23.0 Å². The first-order chi connectivity index (χ1) is 11.2. The Hall–Kier alpha value is -0.370. The number of hydrogen-bond acceptors (Lipinski definition) is 2. The fraction of sp³-hybridized carbons (Fsp3) is 0.955. The Morgan fingerprint density at radius 3 is 2.29 bits per heavy atom. The van der Waals surface area contributed by atoms with Crippen molar-refractivity contribution >= 4 is 5.78 Å². The molecule has 1 N–H and O–H groups in total. The van der Waals surface area contributed by atoms with Crippen LogP contribution in [0, 0.1) is 40.4 Å². The maximum Gasteiger partial charge on any atom is 0.133 e. The number of Topliss-reactive ketones (excluding diaryl/α,β-unsaturated/α-hetero) is 1. The highest BCUT2D eigenvalue weighted by Gasteiger charge is 2.61. The van der Waals surface area contributed by atoms with Gasteiger partial charge in [-0.3, -0.25) is 4.79 Å². The van der Waals surface area contributed by atoms with Gasteiger partial charge in [-0.1, -0.05) is 13.8 Å². The molecule has 4 rings (SSSR count). The van der Waals surface area contributed by atoms with E-state index < -0.39 is 5.60 Å². The van der Waals surface area contributed by atoms with E-state index in [0.717, 1.165) is 37.0 Å². The van der Waals surface area contributed by atoms with Gasteiger partial charge in [-0.05, 0) is 106 Å². The van der Waals surface area contributed by atoms with Crippen molar-refractivity contribution in [3.63, 3.8) is 0 Å². The first-order valence-electron chi connectivity index (χ1n) is 10.4. The van der Waals surface area contributed by atoms with Gasteiger partial charge >= 0.3 is 0 Å². The van der Waals surface area contributed by atoms with E-state index in [-0.39, 0.29) is 5.41 Å². The minimum absolute atomic E-state index is 0.274. The Kier molecular flexibility index (Phi) is 3.78. The lowest BCUT2D eigenvalue weighted by Crippen LogP contribution is -2.55. The molecule has 0 spiro atoms. The standard InChI is InChI=1S/C22H36O2/c1-14(23)17-7-8-18-16-6-5-15-13-20(2,24)11-12-21(15,3)19(16)9-10-22(17,18)4/h15-19,24H,5-13H2,1-4H3/t15-,16-,17+,18-,19+,20-,21+,22+/m0/s1. The van der Waals surface area contributed by atoms with Gasteiger partial charge in [0, 0.05) is 5.92 Å². The van der Waals surface area contributed by atoms with Crippen LogP contribution in [0.5, 0.6) is 0 Å². The molecule has 0 unspecified atom stereocenters. The molecule has 0 aromatic heterocycles. The summed E-state index contributed by atoms with van der Waals surface area (Å²) in [7, 11) is 0. The van der Waals surface area contributed by atoms with Crippen molar-refractivity contribution in [3.8, 4) is 0 Å². The fourth-order valence-corrected chi connectivity index (χ4v) is 8.10. The predicted molar refractivity (Wildman–Crippen MR) is 96.5 cm³/mol. The third kappa shape index (κ3) is 2.27. The van der Waals surface area contributed by atoms with Crippen LogP contribution in [0.3, 0.4) is 0 Å². The van der Waals surface area contributed by atoms with Crippen molar-refractivity contribution in [2.75, 3.05) is 0 Å². The summed E-state index contributed by atoms with van der Waals surface area (Å²) in [6.07, 6.45) is 10.8. The Balaban J connectivity index is 1.61. The molecule has 4 saturated carbocycles. The second-order valence-corrected chi connectivity index (χ2v) is 10.6. The zero-order valence-corrected chi connectivity index (χ0v) is 16.1. The van der Waals surface area contributed by atoms with Crippen LogP contribution in [0.25, 0.3) is 0 Å². The molecule has 0 heterocycles. The molecule has 0 radical (unpaired) electrons. The average molecular weight is 333 g/mol. The van der Waals surface area contributed by atoms with Crippen LogP contribution in [0.4, 0.5) is 0 Å². The third-order valence-electron chi connectivity index (χ3n) is 9.44. The van der Waals surface area contributed by atoms with Gasteiger partial charge in [-0.15, -0.1) is 0 Å². The summed E-state index contributed by atoms with van der Waals surface area (Å²) in [5.41, 5.74) is 0.268.